The monoisotopic (exact) mass is 316 g/mol. The second kappa shape index (κ2) is 5.55. The van der Waals surface area contributed by atoms with E-state index in [1.54, 1.807) is 0 Å². The summed E-state index contributed by atoms with van der Waals surface area (Å²) >= 11 is 1.29. The van der Waals surface area contributed by atoms with Crippen LogP contribution in [0.1, 0.15) is 49.0 Å². The van der Waals surface area contributed by atoms with Gasteiger partial charge in [0.15, 0.2) is 0 Å². The lowest BCUT2D eigenvalue weighted by atomic mass is 10.1. The molecule has 1 aliphatic rings. The molecular formula is C16H16N2O3S. The Morgan fingerprint density at radius 3 is 2.73 bits per heavy atom. The fourth-order valence-electron chi connectivity index (χ4n) is 2.61. The SMILES string of the molecule is Cc1sc(C(=O)OCc2ccccc2)c2c1C(=O)N(N)C2C. The summed E-state index contributed by atoms with van der Waals surface area (Å²) in [4.78, 5) is 25.7. The molecule has 2 heterocycles. The normalized spacial score (nSPS) is 16.8. The maximum absolute atomic E-state index is 12.4. The zero-order valence-electron chi connectivity index (χ0n) is 12.3. The predicted octanol–water partition coefficient (Wildman–Crippen LogP) is 2.80. The summed E-state index contributed by atoms with van der Waals surface area (Å²) in [5.41, 5.74) is 2.16. The van der Waals surface area contributed by atoms with Crippen LogP contribution in [0.5, 0.6) is 0 Å². The maximum atomic E-state index is 12.4. The highest BCUT2D eigenvalue weighted by Crippen LogP contribution is 2.40. The summed E-state index contributed by atoms with van der Waals surface area (Å²) in [6, 6.07) is 9.17. The summed E-state index contributed by atoms with van der Waals surface area (Å²) in [6.45, 7) is 3.84. The molecule has 0 bridgehead atoms. The van der Waals surface area contributed by atoms with Gasteiger partial charge in [0.05, 0.1) is 11.6 Å². The number of nitrogens with two attached hydrogens (primary N) is 1. The van der Waals surface area contributed by atoms with Crippen LogP contribution in [0.4, 0.5) is 0 Å². The molecule has 2 aromatic rings. The Morgan fingerprint density at radius 2 is 2.05 bits per heavy atom. The molecule has 0 fully saturated rings. The lowest BCUT2D eigenvalue weighted by molar-refractivity contribution is 0.0474. The van der Waals surface area contributed by atoms with Crippen molar-refractivity contribution in [1.29, 1.82) is 0 Å². The largest absolute Gasteiger partial charge is 0.457 e. The Morgan fingerprint density at radius 1 is 1.36 bits per heavy atom. The zero-order valence-corrected chi connectivity index (χ0v) is 13.1. The standard InChI is InChI=1S/C16H16N2O3S/c1-9-12-13(15(19)18(9)17)10(2)22-14(12)16(20)21-8-11-6-4-3-5-7-11/h3-7,9H,8,17H2,1-2H3. The van der Waals surface area contributed by atoms with Crippen molar-refractivity contribution in [2.24, 2.45) is 5.84 Å². The van der Waals surface area contributed by atoms with Crippen molar-refractivity contribution in [3.63, 3.8) is 0 Å². The molecule has 1 aromatic heterocycles. The van der Waals surface area contributed by atoms with Crippen molar-refractivity contribution in [3.05, 3.63) is 56.8 Å². The lowest BCUT2D eigenvalue weighted by Crippen LogP contribution is -2.33. The van der Waals surface area contributed by atoms with Crippen molar-refractivity contribution in [1.82, 2.24) is 5.01 Å². The summed E-state index contributed by atoms with van der Waals surface area (Å²) < 4.78 is 5.37. The number of aryl methyl sites for hydroxylation is 1. The van der Waals surface area contributed by atoms with Gasteiger partial charge in [-0.3, -0.25) is 9.80 Å². The molecule has 0 saturated heterocycles. The fourth-order valence-corrected chi connectivity index (χ4v) is 3.74. The zero-order chi connectivity index (χ0) is 15.9. The van der Waals surface area contributed by atoms with Gasteiger partial charge >= 0.3 is 5.97 Å². The van der Waals surface area contributed by atoms with E-state index in [2.05, 4.69) is 0 Å². The van der Waals surface area contributed by atoms with Crippen LogP contribution in [0.2, 0.25) is 0 Å². The number of hydrogen-bond donors (Lipinski definition) is 1. The third-order valence-corrected chi connectivity index (χ3v) is 4.90. The maximum Gasteiger partial charge on any atom is 0.349 e. The Balaban J connectivity index is 1.84. The molecule has 2 N–H and O–H groups in total. The first-order valence-corrected chi connectivity index (χ1v) is 7.75. The van der Waals surface area contributed by atoms with Gasteiger partial charge in [-0.25, -0.2) is 10.6 Å². The number of ether oxygens (including phenoxy) is 1. The van der Waals surface area contributed by atoms with Gasteiger partial charge in [0.1, 0.15) is 11.5 Å². The van der Waals surface area contributed by atoms with Crippen LogP contribution in [0.15, 0.2) is 30.3 Å². The molecule has 1 atom stereocenters. The Labute approximate surface area is 132 Å². The van der Waals surface area contributed by atoms with E-state index in [0.717, 1.165) is 10.4 Å². The van der Waals surface area contributed by atoms with Crippen molar-refractivity contribution in [3.8, 4) is 0 Å². The van der Waals surface area contributed by atoms with Crippen LogP contribution < -0.4 is 5.84 Å². The van der Waals surface area contributed by atoms with Gasteiger partial charge in [-0.05, 0) is 19.4 Å². The number of carbonyl (C=O) groups excluding carboxylic acids is 2. The van der Waals surface area contributed by atoms with E-state index in [1.807, 2.05) is 44.2 Å². The molecule has 0 radical (unpaired) electrons. The van der Waals surface area contributed by atoms with Gasteiger partial charge in [-0.2, -0.15) is 0 Å². The average molecular weight is 316 g/mol. The number of hydrazine groups is 1. The third kappa shape index (κ3) is 2.30. The van der Waals surface area contributed by atoms with E-state index >= 15 is 0 Å². The second-order valence-corrected chi connectivity index (χ2v) is 6.45. The molecule has 0 aliphatic carbocycles. The molecule has 0 spiro atoms. The molecule has 5 nitrogen and oxygen atoms in total. The second-order valence-electron chi connectivity index (χ2n) is 5.23. The number of benzene rings is 1. The van der Waals surface area contributed by atoms with E-state index in [0.29, 0.717) is 16.0 Å². The minimum Gasteiger partial charge on any atom is -0.457 e. The average Bonchev–Trinajstić information content (AvgIpc) is 2.98. The molecule has 3 rings (SSSR count). The van der Waals surface area contributed by atoms with Crippen LogP contribution in [0, 0.1) is 6.92 Å². The lowest BCUT2D eigenvalue weighted by Gasteiger charge is -2.16. The molecule has 0 saturated carbocycles. The van der Waals surface area contributed by atoms with Gasteiger partial charge in [-0.15, -0.1) is 11.3 Å². The van der Waals surface area contributed by atoms with E-state index < -0.39 is 5.97 Å². The van der Waals surface area contributed by atoms with Crippen molar-refractivity contribution in [2.45, 2.75) is 26.5 Å². The van der Waals surface area contributed by atoms with Crippen LogP contribution in [-0.4, -0.2) is 16.9 Å². The Kier molecular flexibility index (Phi) is 3.72. The number of rotatable bonds is 3. The van der Waals surface area contributed by atoms with E-state index in [9.17, 15) is 9.59 Å². The Bertz CT molecular complexity index is 739. The number of thiophene rings is 1. The van der Waals surface area contributed by atoms with Gasteiger partial charge in [-0.1, -0.05) is 30.3 Å². The van der Waals surface area contributed by atoms with Crippen LogP contribution in [0.3, 0.4) is 0 Å². The van der Waals surface area contributed by atoms with E-state index in [1.165, 1.54) is 16.3 Å². The van der Waals surface area contributed by atoms with Crippen molar-refractivity contribution < 1.29 is 14.3 Å². The molecule has 1 aromatic carbocycles. The quantitative estimate of drug-likeness (QED) is 0.537. The third-order valence-electron chi connectivity index (χ3n) is 3.80. The summed E-state index contributed by atoms with van der Waals surface area (Å²) in [5, 5.41) is 1.17. The van der Waals surface area contributed by atoms with Crippen molar-refractivity contribution >= 4 is 23.2 Å². The molecule has 1 unspecified atom stereocenters. The highest BCUT2D eigenvalue weighted by molar-refractivity contribution is 7.14. The minimum absolute atomic E-state index is 0.208. The number of fused-ring (bicyclic) bond motifs is 1. The van der Waals surface area contributed by atoms with Crippen LogP contribution in [-0.2, 0) is 11.3 Å². The molecule has 114 valence electrons. The number of nitrogens with zero attached hydrogens (tertiary/aromatic N) is 1. The van der Waals surface area contributed by atoms with Gasteiger partial charge in [0.2, 0.25) is 0 Å². The molecule has 1 aliphatic heterocycles. The smallest absolute Gasteiger partial charge is 0.349 e. The van der Waals surface area contributed by atoms with E-state index in [-0.39, 0.29) is 18.6 Å². The first-order valence-electron chi connectivity index (χ1n) is 6.93. The number of amides is 1. The molecule has 1 amide bonds. The first kappa shape index (κ1) is 14.7. The highest BCUT2D eigenvalue weighted by Gasteiger charge is 2.39. The number of carbonyl (C=O) groups is 2. The summed E-state index contributed by atoms with van der Waals surface area (Å²) in [5.74, 6) is 5.11. The molecule has 22 heavy (non-hydrogen) atoms. The summed E-state index contributed by atoms with van der Waals surface area (Å²) in [6.07, 6.45) is 0. The predicted molar refractivity (Wildman–Crippen MR) is 83.4 cm³/mol. The molecular weight excluding hydrogens is 300 g/mol. The van der Waals surface area contributed by atoms with Crippen LogP contribution in [0.25, 0.3) is 0 Å². The topological polar surface area (TPSA) is 72.6 Å². The van der Waals surface area contributed by atoms with Gasteiger partial charge in [0.25, 0.3) is 5.91 Å². The van der Waals surface area contributed by atoms with E-state index in [4.69, 9.17) is 10.6 Å². The van der Waals surface area contributed by atoms with Crippen LogP contribution >= 0.6 is 11.3 Å². The highest BCUT2D eigenvalue weighted by atomic mass is 32.1. The molecule has 6 heteroatoms. The van der Waals surface area contributed by atoms with Gasteiger partial charge < -0.3 is 4.74 Å². The Hall–Kier alpha value is -2.18. The van der Waals surface area contributed by atoms with Gasteiger partial charge in [0, 0.05) is 10.4 Å². The fraction of sp³-hybridized carbons (Fsp3) is 0.250. The first-order chi connectivity index (χ1) is 10.5. The number of esters is 1. The minimum atomic E-state index is -0.409. The summed E-state index contributed by atoms with van der Waals surface area (Å²) in [7, 11) is 0. The number of hydrogen-bond acceptors (Lipinski definition) is 5. The van der Waals surface area contributed by atoms with Crippen molar-refractivity contribution in [2.75, 3.05) is 0 Å².